The van der Waals surface area contributed by atoms with Crippen LogP contribution in [0.5, 0.6) is 0 Å². The summed E-state index contributed by atoms with van der Waals surface area (Å²) >= 11 is 6.04. The first-order valence-corrected chi connectivity index (χ1v) is 4.87. The molecule has 1 saturated heterocycles. The van der Waals surface area contributed by atoms with Crippen LogP contribution in [0.1, 0.15) is 25.0 Å². The zero-order valence-electron chi connectivity index (χ0n) is 8.10. The molecular weight excluding hydrogens is 184 g/mol. The standard InChI is InChI=1S/C11H13ClO/c1-7-9(5-4-6-10(7)12)11(3)8(2)13-11/h4-6,8H,1-3H3. The van der Waals surface area contributed by atoms with Gasteiger partial charge in [0, 0.05) is 5.02 Å². The van der Waals surface area contributed by atoms with Crippen LogP contribution in [0.4, 0.5) is 0 Å². The Balaban J connectivity index is 2.47. The lowest BCUT2D eigenvalue weighted by Gasteiger charge is -2.11. The molecule has 0 aromatic heterocycles. The van der Waals surface area contributed by atoms with Gasteiger partial charge >= 0.3 is 0 Å². The summed E-state index contributed by atoms with van der Waals surface area (Å²) < 4.78 is 5.57. The third-order valence-electron chi connectivity index (χ3n) is 2.94. The lowest BCUT2D eigenvalue weighted by Crippen LogP contribution is -2.07. The molecule has 1 aliphatic rings. The Morgan fingerprint density at radius 3 is 2.62 bits per heavy atom. The molecule has 1 aromatic rings. The minimum absolute atomic E-state index is 0.102. The zero-order valence-corrected chi connectivity index (χ0v) is 8.85. The van der Waals surface area contributed by atoms with Crippen LogP contribution in [0.2, 0.25) is 5.02 Å². The summed E-state index contributed by atoms with van der Waals surface area (Å²) in [5.41, 5.74) is 2.25. The molecule has 2 heteroatoms. The van der Waals surface area contributed by atoms with Crippen LogP contribution < -0.4 is 0 Å². The van der Waals surface area contributed by atoms with Crippen molar-refractivity contribution in [2.45, 2.75) is 32.5 Å². The molecule has 1 heterocycles. The van der Waals surface area contributed by atoms with E-state index >= 15 is 0 Å². The lowest BCUT2D eigenvalue weighted by molar-refractivity contribution is 0.315. The van der Waals surface area contributed by atoms with Crippen LogP contribution in [0.3, 0.4) is 0 Å². The highest BCUT2D eigenvalue weighted by Gasteiger charge is 2.51. The molecular formula is C11H13ClO. The number of halogens is 1. The van der Waals surface area contributed by atoms with E-state index in [9.17, 15) is 0 Å². The first kappa shape index (κ1) is 9.04. The molecule has 1 nitrogen and oxygen atoms in total. The highest BCUT2D eigenvalue weighted by molar-refractivity contribution is 6.31. The molecule has 2 rings (SSSR count). The van der Waals surface area contributed by atoms with Gasteiger partial charge in [-0.3, -0.25) is 0 Å². The third kappa shape index (κ3) is 1.27. The van der Waals surface area contributed by atoms with Crippen molar-refractivity contribution in [3.63, 3.8) is 0 Å². The van der Waals surface area contributed by atoms with Crippen molar-refractivity contribution < 1.29 is 4.74 Å². The van der Waals surface area contributed by atoms with Crippen molar-refractivity contribution in [3.05, 3.63) is 34.3 Å². The van der Waals surface area contributed by atoms with E-state index in [1.54, 1.807) is 0 Å². The Morgan fingerprint density at radius 2 is 2.08 bits per heavy atom. The van der Waals surface area contributed by atoms with Gasteiger partial charge in [0.25, 0.3) is 0 Å². The lowest BCUT2D eigenvalue weighted by atomic mass is 9.94. The van der Waals surface area contributed by atoms with E-state index in [0.29, 0.717) is 6.10 Å². The predicted molar refractivity (Wildman–Crippen MR) is 54.1 cm³/mol. The van der Waals surface area contributed by atoms with Crippen molar-refractivity contribution >= 4 is 11.6 Å². The molecule has 0 spiro atoms. The summed E-state index contributed by atoms with van der Waals surface area (Å²) in [6.45, 7) is 6.23. The second-order valence-corrected chi connectivity index (χ2v) is 4.19. The quantitative estimate of drug-likeness (QED) is 0.628. The monoisotopic (exact) mass is 196 g/mol. The first-order valence-electron chi connectivity index (χ1n) is 4.49. The molecule has 2 atom stereocenters. The van der Waals surface area contributed by atoms with Gasteiger partial charge < -0.3 is 4.74 Å². The highest BCUT2D eigenvalue weighted by atomic mass is 35.5. The fraction of sp³-hybridized carbons (Fsp3) is 0.455. The van der Waals surface area contributed by atoms with Gasteiger partial charge in [-0.15, -0.1) is 0 Å². The highest BCUT2D eigenvalue weighted by Crippen LogP contribution is 2.47. The van der Waals surface area contributed by atoms with Crippen LogP contribution >= 0.6 is 11.6 Å². The molecule has 1 aromatic carbocycles. The Hall–Kier alpha value is -0.530. The second kappa shape index (κ2) is 2.73. The minimum Gasteiger partial charge on any atom is -0.362 e. The SMILES string of the molecule is Cc1c(Cl)cccc1C1(C)OC1C. The van der Waals surface area contributed by atoms with Crippen LogP contribution in [0.25, 0.3) is 0 Å². The number of hydrogen-bond acceptors (Lipinski definition) is 1. The van der Waals surface area contributed by atoms with E-state index < -0.39 is 0 Å². The maximum Gasteiger partial charge on any atom is 0.117 e. The van der Waals surface area contributed by atoms with Crippen molar-refractivity contribution in [2.24, 2.45) is 0 Å². The summed E-state index contributed by atoms with van der Waals surface area (Å²) in [7, 11) is 0. The van der Waals surface area contributed by atoms with Gasteiger partial charge in [0.1, 0.15) is 5.60 Å². The average Bonchev–Trinajstić information content (AvgIpc) is 2.67. The van der Waals surface area contributed by atoms with Crippen LogP contribution in [0, 0.1) is 6.92 Å². The number of hydrogen-bond donors (Lipinski definition) is 0. The number of benzene rings is 1. The second-order valence-electron chi connectivity index (χ2n) is 3.78. The molecule has 0 radical (unpaired) electrons. The Morgan fingerprint density at radius 1 is 1.46 bits per heavy atom. The molecule has 0 bridgehead atoms. The molecule has 0 N–H and O–H groups in total. The summed E-state index contributed by atoms with van der Waals surface area (Å²) in [4.78, 5) is 0. The van der Waals surface area contributed by atoms with E-state index in [1.165, 1.54) is 5.56 Å². The van der Waals surface area contributed by atoms with Gasteiger partial charge in [0.05, 0.1) is 6.10 Å². The fourth-order valence-electron chi connectivity index (χ4n) is 1.76. The van der Waals surface area contributed by atoms with Crippen LogP contribution in [-0.4, -0.2) is 6.10 Å². The normalized spacial score (nSPS) is 31.8. The number of epoxide rings is 1. The average molecular weight is 197 g/mol. The van der Waals surface area contributed by atoms with Gasteiger partial charge in [0.15, 0.2) is 0 Å². The van der Waals surface area contributed by atoms with Gasteiger partial charge in [0.2, 0.25) is 0 Å². The zero-order chi connectivity index (χ0) is 9.64. The smallest absolute Gasteiger partial charge is 0.117 e. The van der Waals surface area contributed by atoms with Gasteiger partial charge in [-0.2, -0.15) is 0 Å². The molecule has 1 aliphatic heterocycles. The summed E-state index contributed by atoms with van der Waals surface area (Å²) in [6.07, 6.45) is 0.310. The maximum atomic E-state index is 6.04. The Labute approximate surface area is 83.7 Å². The summed E-state index contributed by atoms with van der Waals surface area (Å²) in [6, 6.07) is 5.98. The van der Waals surface area contributed by atoms with Gasteiger partial charge in [-0.1, -0.05) is 23.7 Å². The van der Waals surface area contributed by atoms with Crippen molar-refractivity contribution in [3.8, 4) is 0 Å². The molecule has 0 amide bonds. The van der Waals surface area contributed by atoms with E-state index in [4.69, 9.17) is 16.3 Å². The van der Waals surface area contributed by atoms with Gasteiger partial charge in [-0.25, -0.2) is 0 Å². The van der Waals surface area contributed by atoms with E-state index in [1.807, 2.05) is 19.1 Å². The Bertz CT molecular complexity index is 348. The summed E-state index contributed by atoms with van der Waals surface area (Å²) in [5.74, 6) is 0. The molecule has 70 valence electrons. The van der Waals surface area contributed by atoms with Crippen molar-refractivity contribution in [1.29, 1.82) is 0 Å². The van der Waals surface area contributed by atoms with Crippen LogP contribution in [0.15, 0.2) is 18.2 Å². The number of rotatable bonds is 1. The van der Waals surface area contributed by atoms with Gasteiger partial charge in [-0.05, 0) is 38.0 Å². The van der Waals surface area contributed by atoms with E-state index in [0.717, 1.165) is 10.6 Å². The van der Waals surface area contributed by atoms with Crippen molar-refractivity contribution in [2.75, 3.05) is 0 Å². The maximum absolute atomic E-state index is 6.04. The predicted octanol–water partition coefficient (Wildman–Crippen LogP) is 3.28. The first-order chi connectivity index (χ1) is 6.05. The fourth-order valence-corrected chi connectivity index (χ4v) is 1.94. The Kier molecular flexibility index (Phi) is 1.90. The third-order valence-corrected chi connectivity index (χ3v) is 3.35. The molecule has 13 heavy (non-hydrogen) atoms. The molecule has 0 aliphatic carbocycles. The minimum atomic E-state index is -0.102. The molecule has 0 saturated carbocycles. The number of ether oxygens (including phenoxy) is 1. The topological polar surface area (TPSA) is 12.5 Å². The van der Waals surface area contributed by atoms with Crippen molar-refractivity contribution in [1.82, 2.24) is 0 Å². The summed E-state index contributed by atoms with van der Waals surface area (Å²) in [5, 5.41) is 0.821. The molecule has 1 fully saturated rings. The largest absolute Gasteiger partial charge is 0.362 e. The van der Waals surface area contributed by atoms with Crippen LogP contribution in [-0.2, 0) is 10.3 Å². The molecule has 2 unspecified atom stereocenters. The van der Waals surface area contributed by atoms with E-state index in [-0.39, 0.29) is 5.60 Å². The van der Waals surface area contributed by atoms with E-state index in [2.05, 4.69) is 19.9 Å².